The number of rotatable bonds is 4. The van der Waals surface area contributed by atoms with E-state index in [1.54, 1.807) is 13.8 Å². The van der Waals surface area contributed by atoms with Crippen molar-refractivity contribution in [2.75, 3.05) is 0 Å². The molecular weight excluding hydrogens is 300 g/mol. The topological polar surface area (TPSA) is 113 Å². The maximum atomic E-state index is 12.2. The molecule has 118 valence electrons. The largest absolute Gasteiger partial charge is 0.594 e. The van der Waals surface area contributed by atoms with Crippen molar-refractivity contribution in [1.29, 1.82) is 0 Å². The van der Waals surface area contributed by atoms with Gasteiger partial charge >= 0.3 is 11.9 Å². The van der Waals surface area contributed by atoms with Crippen molar-refractivity contribution in [3.63, 3.8) is 0 Å². The standard InChI is InChI=1S/C16H14N2O5/c1-9-7-11(15(19)20)3-5-13(9)17-18(23)14-6-4-12(16(21)22)8-10(14)2/h3-8H,1-2H3,(H,19,20)(H,21,22). The molecule has 0 bridgehead atoms. The predicted octanol–water partition coefficient (Wildman–Crippen LogP) is 3.63. The lowest BCUT2D eigenvalue weighted by Crippen LogP contribution is -2.00. The summed E-state index contributed by atoms with van der Waals surface area (Å²) in [7, 11) is 0. The third-order valence-corrected chi connectivity index (χ3v) is 3.29. The third kappa shape index (κ3) is 3.52. The zero-order chi connectivity index (χ0) is 17.1. The van der Waals surface area contributed by atoms with Crippen molar-refractivity contribution in [2.45, 2.75) is 13.8 Å². The molecule has 2 aromatic carbocycles. The Morgan fingerprint density at radius 3 is 1.96 bits per heavy atom. The van der Waals surface area contributed by atoms with Gasteiger partial charge in [-0.25, -0.2) is 9.59 Å². The molecule has 0 saturated heterocycles. The zero-order valence-corrected chi connectivity index (χ0v) is 12.5. The fourth-order valence-electron chi connectivity index (χ4n) is 2.06. The van der Waals surface area contributed by atoms with Crippen molar-refractivity contribution >= 4 is 23.3 Å². The summed E-state index contributed by atoms with van der Waals surface area (Å²) in [4.78, 5) is 22.2. The second-order valence-corrected chi connectivity index (χ2v) is 4.99. The minimum atomic E-state index is -1.07. The quantitative estimate of drug-likeness (QED) is 0.508. The number of carboxylic acid groups (broad SMARTS) is 2. The first-order chi connectivity index (χ1) is 10.8. The second kappa shape index (κ2) is 6.27. The number of hydrogen-bond donors (Lipinski definition) is 2. The average Bonchev–Trinajstić information content (AvgIpc) is 2.48. The van der Waals surface area contributed by atoms with Crippen LogP contribution < -0.4 is 0 Å². The van der Waals surface area contributed by atoms with Crippen LogP contribution in [-0.4, -0.2) is 27.0 Å². The van der Waals surface area contributed by atoms with Crippen LogP contribution >= 0.6 is 0 Å². The van der Waals surface area contributed by atoms with Gasteiger partial charge in [-0.3, -0.25) is 0 Å². The molecule has 0 amide bonds. The van der Waals surface area contributed by atoms with Gasteiger partial charge < -0.3 is 15.4 Å². The highest BCUT2D eigenvalue weighted by atomic mass is 16.5. The molecule has 7 heteroatoms. The normalized spacial score (nSPS) is 11.3. The highest BCUT2D eigenvalue weighted by molar-refractivity contribution is 5.88. The Kier molecular flexibility index (Phi) is 4.40. The van der Waals surface area contributed by atoms with Gasteiger partial charge in [-0.05, 0) is 54.6 Å². The molecule has 0 saturated carbocycles. The molecule has 23 heavy (non-hydrogen) atoms. The van der Waals surface area contributed by atoms with Gasteiger partial charge in [-0.2, -0.15) is 0 Å². The number of hydrogen-bond acceptors (Lipinski definition) is 4. The van der Waals surface area contributed by atoms with Crippen LogP contribution in [-0.2, 0) is 0 Å². The van der Waals surface area contributed by atoms with Crippen LogP contribution in [0.25, 0.3) is 0 Å². The third-order valence-electron chi connectivity index (χ3n) is 3.29. The van der Waals surface area contributed by atoms with Crippen LogP contribution in [0.3, 0.4) is 0 Å². The van der Waals surface area contributed by atoms with Crippen LogP contribution in [0.15, 0.2) is 41.5 Å². The first kappa shape index (κ1) is 16.2. The number of carboxylic acids is 2. The van der Waals surface area contributed by atoms with Crippen LogP contribution in [0.4, 0.5) is 11.4 Å². The molecule has 0 aliphatic heterocycles. The Labute approximate surface area is 131 Å². The minimum Gasteiger partial charge on any atom is -0.594 e. The molecule has 0 atom stereocenters. The summed E-state index contributed by atoms with van der Waals surface area (Å²) in [5.74, 6) is -2.13. The summed E-state index contributed by atoms with van der Waals surface area (Å²) in [5, 5.41) is 33.9. The summed E-state index contributed by atoms with van der Waals surface area (Å²) >= 11 is 0. The van der Waals surface area contributed by atoms with Gasteiger partial charge in [-0.1, -0.05) is 0 Å². The van der Waals surface area contributed by atoms with E-state index in [1.807, 2.05) is 0 Å². The fraction of sp³-hybridized carbons (Fsp3) is 0.125. The summed E-state index contributed by atoms with van der Waals surface area (Å²) in [5.41, 5.74) is 1.78. The van der Waals surface area contributed by atoms with Crippen molar-refractivity contribution in [2.24, 2.45) is 5.11 Å². The first-order valence-electron chi connectivity index (χ1n) is 6.66. The lowest BCUT2D eigenvalue weighted by atomic mass is 10.1. The van der Waals surface area contributed by atoms with Gasteiger partial charge in [0.25, 0.3) is 0 Å². The van der Waals surface area contributed by atoms with Gasteiger partial charge in [0.05, 0.1) is 11.1 Å². The molecule has 7 nitrogen and oxygen atoms in total. The summed E-state index contributed by atoms with van der Waals surface area (Å²) in [6, 6.07) is 8.34. The Bertz CT molecular complexity index is 827. The highest BCUT2D eigenvalue weighted by Gasteiger charge is 2.13. The molecule has 2 aromatic rings. The molecule has 0 spiro atoms. The molecule has 0 aromatic heterocycles. The lowest BCUT2D eigenvalue weighted by Gasteiger charge is -2.05. The second-order valence-electron chi connectivity index (χ2n) is 4.99. The predicted molar refractivity (Wildman–Crippen MR) is 81.7 cm³/mol. The van der Waals surface area contributed by atoms with E-state index in [0.29, 0.717) is 21.7 Å². The fourth-order valence-corrected chi connectivity index (χ4v) is 2.06. The number of nitrogens with zero attached hydrogens (tertiary/aromatic N) is 2. The molecule has 0 fully saturated rings. The van der Waals surface area contributed by atoms with E-state index in [9.17, 15) is 14.8 Å². The minimum absolute atomic E-state index is 0.0849. The van der Waals surface area contributed by atoms with Gasteiger partial charge in [0.15, 0.2) is 0 Å². The Morgan fingerprint density at radius 1 is 0.957 bits per heavy atom. The van der Waals surface area contributed by atoms with E-state index in [-0.39, 0.29) is 16.8 Å². The van der Waals surface area contributed by atoms with Gasteiger partial charge in [0, 0.05) is 16.7 Å². The molecule has 0 aliphatic rings. The van der Waals surface area contributed by atoms with Crippen molar-refractivity contribution in [3.05, 3.63) is 63.9 Å². The SMILES string of the molecule is Cc1cc(C(=O)O)ccc1N=[N+]([O-])c1ccc(C(=O)O)cc1C. The summed E-state index contributed by atoms with van der Waals surface area (Å²) in [6.07, 6.45) is 0. The van der Waals surface area contributed by atoms with Gasteiger partial charge in [0.2, 0.25) is 5.69 Å². The van der Waals surface area contributed by atoms with E-state index in [0.717, 1.165) is 0 Å². The molecule has 0 unspecified atom stereocenters. The number of benzene rings is 2. The Hall–Kier alpha value is -3.22. The van der Waals surface area contributed by atoms with Crippen LogP contribution in [0, 0.1) is 19.1 Å². The van der Waals surface area contributed by atoms with Crippen molar-refractivity contribution in [1.82, 2.24) is 0 Å². The first-order valence-corrected chi connectivity index (χ1v) is 6.66. The number of carbonyl (C=O) groups is 2. The molecule has 2 rings (SSSR count). The van der Waals surface area contributed by atoms with E-state index in [4.69, 9.17) is 10.2 Å². The molecular formula is C16H14N2O5. The van der Waals surface area contributed by atoms with Crippen LogP contribution in [0.1, 0.15) is 31.8 Å². The average molecular weight is 314 g/mol. The summed E-state index contributed by atoms with van der Waals surface area (Å²) in [6.45, 7) is 3.27. The molecule has 0 heterocycles. The monoisotopic (exact) mass is 314 g/mol. The number of aromatic carboxylic acids is 2. The summed E-state index contributed by atoms with van der Waals surface area (Å²) < 4.78 is 0. The lowest BCUT2D eigenvalue weighted by molar-refractivity contribution is -0.435. The molecule has 0 aliphatic carbocycles. The Morgan fingerprint density at radius 2 is 1.48 bits per heavy atom. The van der Waals surface area contributed by atoms with Gasteiger partial charge in [0.1, 0.15) is 5.69 Å². The maximum absolute atomic E-state index is 12.2. The maximum Gasteiger partial charge on any atom is 0.335 e. The van der Waals surface area contributed by atoms with E-state index >= 15 is 0 Å². The molecule has 2 N–H and O–H groups in total. The van der Waals surface area contributed by atoms with Crippen molar-refractivity contribution in [3.8, 4) is 0 Å². The Balaban J connectivity index is 2.40. The number of aryl methyl sites for hydroxylation is 2. The highest BCUT2D eigenvalue weighted by Crippen LogP contribution is 2.25. The smallest absolute Gasteiger partial charge is 0.335 e. The van der Waals surface area contributed by atoms with E-state index in [1.165, 1.54) is 36.4 Å². The van der Waals surface area contributed by atoms with Crippen molar-refractivity contribution < 1.29 is 24.7 Å². The molecule has 0 radical (unpaired) electrons. The van der Waals surface area contributed by atoms with Gasteiger partial charge in [-0.15, -0.1) is 0 Å². The number of azo groups is 1. The van der Waals surface area contributed by atoms with Crippen LogP contribution in [0.5, 0.6) is 0 Å². The van der Waals surface area contributed by atoms with E-state index < -0.39 is 11.9 Å². The van der Waals surface area contributed by atoms with E-state index in [2.05, 4.69) is 5.11 Å². The zero-order valence-electron chi connectivity index (χ0n) is 12.5. The van der Waals surface area contributed by atoms with Crippen LogP contribution in [0.2, 0.25) is 0 Å².